The van der Waals surface area contributed by atoms with E-state index in [1.807, 2.05) is 13.8 Å². The van der Waals surface area contributed by atoms with Gasteiger partial charge in [-0.1, -0.05) is 45.8 Å². The highest BCUT2D eigenvalue weighted by molar-refractivity contribution is 5.77. The third-order valence-electron chi connectivity index (χ3n) is 9.34. The average Bonchev–Trinajstić information content (AvgIpc) is 2.97. The lowest BCUT2D eigenvalue weighted by Gasteiger charge is -2.64. The van der Waals surface area contributed by atoms with Gasteiger partial charge >= 0.3 is 5.97 Å². The predicted molar refractivity (Wildman–Crippen MR) is 118 cm³/mol. The molecule has 4 nitrogen and oxygen atoms in total. The molecular weight excluding hydrogens is 376 g/mol. The quantitative estimate of drug-likeness (QED) is 0.423. The Morgan fingerprint density at radius 2 is 1.80 bits per heavy atom. The van der Waals surface area contributed by atoms with Gasteiger partial charge in [0.05, 0.1) is 12.5 Å². The molecule has 170 valence electrons. The molecule has 3 aliphatic carbocycles. The minimum absolute atomic E-state index is 0.0269. The summed E-state index contributed by atoms with van der Waals surface area (Å²) in [5, 5.41) is 0. The number of ether oxygens (including phenoxy) is 3. The van der Waals surface area contributed by atoms with Crippen molar-refractivity contribution < 1.29 is 19.0 Å². The van der Waals surface area contributed by atoms with E-state index >= 15 is 0 Å². The topological polar surface area (TPSA) is 44.8 Å². The molecule has 4 rings (SSSR count). The second-order valence-electron chi connectivity index (χ2n) is 12.2. The third-order valence-corrected chi connectivity index (χ3v) is 9.34. The lowest BCUT2D eigenvalue weighted by Crippen LogP contribution is -2.58. The highest BCUT2D eigenvalue weighted by Crippen LogP contribution is 2.68. The maximum atomic E-state index is 13.4. The van der Waals surface area contributed by atoms with Crippen LogP contribution in [0.3, 0.4) is 0 Å². The van der Waals surface area contributed by atoms with Crippen LogP contribution < -0.4 is 0 Å². The van der Waals surface area contributed by atoms with E-state index < -0.39 is 5.79 Å². The van der Waals surface area contributed by atoms with Gasteiger partial charge in [0.2, 0.25) is 0 Å². The summed E-state index contributed by atoms with van der Waals surface area (Å²) in [7, 11) is 0. The highest BCUT2D eigenvalue weighted by atomic mass is 16.7. The fourth-order valence-electron chi connectivity index (χ4n) is 8.07. The summed E-state index contributed by atoms with van der Waals surface area (Å²) in [6, 6.07) is 0. The zero-order valence-electron chi connectivity index (χ0n) is 20.2. The zero-order chi connectivity index (χ0) is 21.9. The largest absolute Gasteiger partial charge is 0.462 e. The molecule has 0 aromatic rings. The molecule has 0 aromatic heterocycles. The Morgan fingerprint density at radius 3 is 2.47 bits per heavy atom. The number of hydrogen-bond acceptors (Lipinski definition) is 4. The number of hydrogen-bond donors (Lipinski definition) is 0. The maximum Gasteiger partial charge on any atom is 0.313 e. The van der Waals surface area contributed by atoms with Crippen LogP contribution in [0.1, 0.15) is 87.0 Å². The lowest BCUT2D eigenvalue weighted by atomic mass is 9.40. The van der Waals surface area contributed by atoms with Gasteiger partial charge in [0.1, 0.15) is 12.7 Å². The molecular formula is C26H42O4. The molecule has 3 fully saturated rings. The van der Waals surface area contributed by atoms with E-state index in [9.17, 15) is 4.79 Å². The number of carbonyl (C=O) groups is 1. The summed E-state index contributed by atoms with van der Waals surface area (Å²) in [5.74, 6) is 0.479. The number of esters is 1. The Bertz CT molecular complexity index is 723. The zero-order valence-corrected chi connectivity index (χ0v) is 20.2. The van der Waals surface area contributed by atoms with Gasteiger partial charge in [0.15, 0.2) is 5.79 Å². The fraction of sp³-hybridized carbons (Fsp3) is 0.885. The number of fused-ring (bicyclic) bond motifs is 3. The van der Waals surface area contributed by atoms with Gasteiger partial charge in [0, 0.05) is 0 Å². The Morgan fingerprint density at radius 1 is 1.07 bits per heavy atom. The SMILES string of the molecule is CC1=CC[C@H]2[C@@](C)(CC[C@H]3C(C)(C)CCC[C@]23C)[C@@H]1C(=O)OC[C@@H]1COC(C)(C)O1. The van der Waals surface area contributed by atoms with Gasteiger partial charge in [-0.15, -0.1) is 0 Å². The van der Waals surface area contributed by atoms with E-state index in [0.29, 0.717) is 23.4 Å². The first-order chi connectivity index (χ1) is 13.9. The van der Waals surface area contributed by atoms with Crippen LogP contribution in [0.2, 0.25) is 0 Å². The van der Waals surface area contributed by atoms with Crippen molar-refractivity contribution in [1.29, 1.82) is 0 Å². The number of rotatable bonds is 3. The van der Waals surface area contributed by atoms with Crippen molar-refractivity contribution in [2.24, 2.45) is 34.0 Å². The van der Waals surface area contributed by atoms with Crippen LogP contribution in [-0.4, -0.2) is 31.1 Å². The van der Waals surface area contributed by atoms with Crippen molar-refractivity contribution in [3.8, 4) is 0 Å². The summed E-state index contributed by atoms with van der Waals surface area (Å²) >= 11 is 0. The van der Waals surface area contributed by atoms with E-state index in [0.717, 1.165) is 18.8 Å². The smallest absolute Gasteiger partial charge is 0.313 e. The molecule has 0 N–H and O–H groups in total. The Kier molecular flexibility index (Phi) is 5.46. The molecule has 0 aromatic carbocycles. The average molecular weight is 419 g/mol. The molecule has 2 saturated carbocycles. The van der Waals surface area contributed by atoms with E-state index in [4.69, 9.17) is 14.2 Å². The molecule has 1 aliphatic heterocycles. The molecule has 4 heteroatoms. The standard InChI is InChI=1S/C26H42O4/c1-17-9-10-20-25(6)13-8-12-23(2,3)19(25)11-14-26(20,7)21(17)22(27)28-15-18-16-29-24(4,5)30-18/h9,18-21H,8,10-16H2,1-7H3/t18-,19+,20-,21+,25+,26-/m1/s1. The maximum absolute atomic E-state index is 13.4. The molecule has 0 radical (unpaired) electrons. The molecule has 6 atom stereocenters. The van der Waals surface area contributed by atoms with Crippen LogP contribution in [0, 0.1) is 34.0 Å². The van der Waals surface area contributed by atoms with E-state index in [1.165, 1.54) is 31.3 Å². The molecule has 1 saturated heterocycles. The molecule has 0 spiro atoms. The summed E-state index contributed by atoms with van der Waals surface area (Å²) < 4.78 is 17.3. The van der Waals surface area contributed by atoms with Crippen LogP contribution in [-0.2, 0) is 19.0 Å². The van der Waals surface area contributed by atoms with Gasteiger partial charge in [-0.05, 0) is 81.0 Å². The normalized spacial score (nSPS) is 44.6. The van der Waals surface area contributed by atoms with E-state index in [2.05, 4.69) is 40.7 Å². The Labute approximate surface area is 183 Å². The van der Waals surface area contributed by atoms with Crippen LogP contribution in [0.25, 0.3) is 0 Å². The summed E-state index contributed by atoms with van der Waals surface area (Å²) in [5.41, 5.74) is 1.87. The summed E-state index contributed by atoms with van der Waals surface area (Å²) in [4.78, 5) is 13.4. The van der Waals surface area contributed by atoms with Crippen LogP contribution in [0.5, 0.6) is 0 Å². The summed E-state index contributed by atoms with van der Waals surface area (Å²) in [6.07, 6.45) is 9.53. The summed E-state index contributed by atoms with van der Waals surface area (Å²) in [6.45, 7) is 16.5. The first-order valence-electron chi connectivity index (χ1n) is 12.0. The molecule has 30 heavy (non-hydrogen) atoms. The molecule has 4 aliphatic rings. The first-order valence-corrected chi connectivity index (χ1v) is 12.0. The van der Waals surface area contributed by atoms with Crippen LogP contribution >= 0.6 is 0 Å². The molecule has 1 heterocycles. The van der Waals surface area contributed by atoms with Crippen molar-refractivity contribution in [3.05, 3.63) is 11.6 Å². The number of allylic oxidation sites excluding steroid dienone is 1. The molecule has 0 unspecified atom stereocenters. The minimum Gasteiger partial charge on any atom is -0.462 e. The predicted octanol–water partition coefficient (Wildman–Crippen LogP) is 5.90. The highest BCUT2D eigenvalue weighted by Gasteiger charge is 2.62. The first kappa shape index (κ1) is 22.3. The van der Waals surface area contributed by atoms with Crippen LogP contribution in [0.15, 0.2) is 11.6 Å². The van der Waals surface area contributed by atoms with Crippen molar-refractivity contribution in [2.45, 2.75) is 98.9 Å². The monoisotopic (exact) mass is 418 g/mol. The Balaban J connectivity index is 1.54. The molecule has 0 bridgehead atoms. The van der Waals surface area contributed by atoms with Gasteiger partial charge in [-0.25, -0.2) is 0 Å². The van der Waals surface area contributed by atoms with Crippen molar-refractivity contribution in [3.63, 3.8) is 0 Å². The van der Waals surface area contributed by atoms with Gasteiger partial charge in [0.25, 0.3) is 0 Å². The van der Waals surface area contributed by atoms with E-state index in [-0.39, 0.29) is 30.0 Å². The lowest BCUT2D eigenvalue weighted by molar-refractivity contribution is -0.177. The second kappa shape index (κ2) is 7.33. The Hall–Kier alpha value is -0.870. The van der Waals surface area contributed by atoms with Gasteiger partial charge < -0.3 is 14.2 Å². The minimum atomic E-state index is -0.588. The van der Waals surface area contributed by atoms with Crippen molar-refractivity contribution in [1.82, 2.24) is 0 Å². The van der Waals surface area contributed by atoms with Crippen molar-refractivity contribution >= 4 is 5.97 Å². The van der Waals surface area contributed by atoms with Crippen LogP contribution in [0.4, 0.5) is 0 Å². The van der Waals surface area contributed by atoms with Crippen molar-refractivity contribution in [2.75, 3.05) is 13.2 Å². The van der Waals surface area contributed by atoms with Gasteiger partial charge in [-0.2, -0.15) is 0 Å². The second-order valence-corrected chi connectivity index (χ2v) is 12.2. The third kappa shape index (κ3) is 3.56. The number of carbonyl (C=O) groups excluding carboxylic acids is 1. The van der Waals surface area contributed by atoms with Gasteiger partial charge in [-0.3, -0.25) is 4.79 Å². The van der Waals surface area contributed by atoms with E-state index in [1.54, 1.807) is 0 Å². The molecule has 0 amide bonds. The fourth-order valence-corrected chi connectivity index (χ4v) is 8.07.